The Morgan fingerprint density at radius 2 is 1.72 bits per heavy atom. The number of rotatable bonds is 5. The van der Waals surface area contributed by atoms with E-state index in [0.717, 1.165) is 18.0 Å². The topological polar surface area (TPSA) is 66.9 Å². The zero-order valence-electron chi connectivity index (χ0n) is 16.8. The second-order valence-corrected chi connectivity index (χ2v) is 9.99. The predicted molar refractivity (Wildman–Crippen MR) is 116 cm³/mol. The van der Waals surface area contributed by atoms with Crippen molar-refractivity contribution >= 4 is 44.6 Å². The highest BCUT2D eigenvalue weighted by atomic mass is 35.5. The lowest BCUT2D eigenvalue weighted by Gasteiger charge is -2.36. The molecular weight excluding hydrogens is 492 g/mol. The lowest BCUT2D eigenvalue weighted by Crippen LogP contribution is -2.49. The van der Waals surface area contributed by atoms with E-state index < -0.39 is 39.2 Å². The van der Waals surface area contributed by atoms with E-state index in [9.17, 15) is 26.4 Å². The number of nitrogens with zero attached hydrogens (tertiary/aromatic N) is 2. The maximum atomic E-state index is 13.1. The second kappa shape index (κ2) is 9.36. The average Bonchev–Trinajstić information content (AvgIpc) is 2.72. The minimum atomic E-state index is -4.70. The van der Waals surface area contributed by atoms with E-state index in [1.54, 1.807) is 18.2 Å². The van der Waals surface area contributed by atoms with E-state index in [1.807, 2.05) is 4.90 Å². The van der Waals surface area contributed by atoms with Gasteiger partial charge in [-0.25, -0.2) is 8.42 Å². The van der Waals surface area contributed by atoms with Crippen LogP contribution in [0.5, 0.6) is 5.75 Å². The zero-order valence-corrected chi connectivity index (χ0v) is 19.2. The molecule has 0 atom stereocenters. The molecule has 0 aliphatic carbocycles. The molecule has 1 aliphatic heterocycles. The van der Waals surface area contributed by atoms with E-state index in [2.05, 4.69) is 0 Å². The molecule has 0 spiro atoms. The van der Waals surface area contributed by atoms with Crippen LogP contribution in [0.25, 0.3) is 0 Å². The summed E-state index contributed by atoms with van der Waals surface area (Å²) in [6.07, 6.45) is -3.86. The van der Waals surface area contributed by atoms with Crippen LogP contribution in [0.1, 0.15) is 10.4 Å². The summed E-state index contributed by atoms with van der Waals surface area (Å²) in [7, 11) is -3.93. The number of amides is 1. The first-order valence-corrected chi connectivity index (χ1v) is 12.0. The fourth-order valence-electron chi connectivity index (χ4n) is 3.30. The van der Waals surface area contributed by atoms with Crippen molar-refractivity contribution in [2.24, 2.45) is 0 Å². The summed E-state index contributed by atoms with van der Waals surface area (Å²) in [5.74, 6) is -1.20. The molecule has 12 heteroatoms. The van der Waals surface area contributed by atoms with Gasteiger partial charge >= 0.3 is 6.18 Å². The third-order valence-corrected chi connectivity index (χ3v) is 6.68. The summed E-state index contributed by atoms with van der Waals surface area (Å²) < 4.78 is 67.1. The normalized spacial score (nSPS) is 15.1. The highest BCUT2D eigenvalue weighted by molar-refractivity contribution is 7.90. The molecule has 0 N–H and O–H groups in total. The standard InChI is InChI=1S/C20H19Cl2F3N2O4S/c1-32(29,30)17-4-2-3-14(18(17)31-12-20(23,24)25)19(28)27-9-7-26(8-10-27)13-5-6-15(21)16(22)11-13/h2-6,11H,7-10,12H2,1H3. The van der Waals surface area contributed by atoms with Crippen molar-refractivity contribution < 1.29 is 31.1 Å². The molecule has 174 valence electrons. The van der Waals surface area contributed by atoms with Gasteiger partial charge in [0.15, 0.2) is 22.2 Å². The number of carbonyl (C=O) groups excluding carboxylic acids is 1. The van der Waals surface area contributed by atoms with Crippen LogP contribution in [0.4, 0.5) is 18.9 Å². The fraction of sp³-hybridized carbons (Fsp3) is 0.350. The number of ether oxygens (including phenoxy) is 1. The molecule has 1 fully saturated rings. The smallest absolute Gasteiger partial charge is 0.422 e. The largest absolute Gasteiger partial charge is 0.482 e. The van der Waals surface area contributed by atoms with E-state index in [1.165, 1.54) is 17.0 Å². The van der Waals surface area contributed by atoms with Gasteiger partial charge in [-0.3, -0.25) is 4.79 Å². The molecule has 0 bridgehead atoms. The van der Waals surface area contributed by atoms with Crippen molar-refractivity contribution in [1.82, 2.24) is 4.90 Å². The Morgan fingerprint density at radius 1 is 1.06 bits per heavy atom. The minimum absolute atomic E-state index is 0.236. The van der Waals surface area contributed by atoms with Crippen LogP contribution in [-0.2, 0) is 9.84 Å². The van der Waals surface area contributed by atoms with Crippen molar-refractivity contribution in [3.8, 4) is 5.75 Å². The molecule has 2 aromatic rings. The van der Waals surface area contributed by atoms with Crippen molar-refractivity contribution in [3.63, 3.8) is 0 Å². The minimum Gasteiger partial charge on any atom is -0.482 e. The second-order valence-electron chi connectivity index (χ2n) is 7.19. The van der Waals surface area contributed by atoms with Gasteiger partial charge in [0.1, 0.15) is 4.90 Å². The average molecular weight is 511 g/mol. The van der Waals surface area contributed by atoms with Gasteiger partial charge in [-0.15, -0.1) is 0 Å². The molecule has 6 nitrogen and oxygen atoms in total. The summed E-state index contributed by atoms with van der Waals surface area (Å²) in [6, 6.07) is 8.84. The summed E-state index contributed by atoms with van der Waals surface area (Å²) >= 11 is 12.0. The van der Waals surface area contributed by atoms with Gasteiger partial charge in [-0.05, 0) is 30.3 Å². The molecule has 1 aliphatic rings. The van der Waals surface area contributed by atoms with E-state index >= 15 is 0 Å². The van der Waals surface area contributed by atoms with Crippen LogP contribution in [-0.4, -0.2) is 64.4 Å². The van der Waals surface area contributed by atoms with Crippen molar-refractivity contribution in [1.29, 1.82) is 0 Å². The van der Waals surface area contributed by atoms with Crippen molar-refractivity contribution in [2.75, 3.05) is 43.9 Å². The maximum absolute atomic E-state index is 13.1. The molecule has 1 heterocycles. The highest BCUT2D eigenvalue weighted by Gasteiger charge is 2.32. The number of benzene rings is 2. The van der Waals surface area contributed by atoms with Crippen LogP contribution < -0.4 is 9.64 Å². The van der Waals surface area contributed by atoms with Gasteiger partial charge in [-0.1, -0.05) is 29.3 Å². The van der Waals surface area contributed by atoms with E-state index in [0.29, 0.717) is 23.1 Å². The molecular formula is C20H19Cl2F3N2O4S. The molecule has 0 aromatic heterocycles. The predicted octanol–water partition coefficient (Wildman–Crippen LogP) is 4.30. The van der Waals surface area contributed by atoms with Crippen LogP contribution in [0.2, 0.25) is 10.0 Å². The number of hydrogen-bond donors (Lipinski definition) is 0. The van der Waals surface area contributed by atoms with Gasteiger partial charge in [-0.2, -0.15) is 13.2 Å². The van der Waals surface area contributed by atoms with Crippen LogP contribution in [0.3, 0.4) is 0 Å². The lowest BCUT2D eigenvalue weighted by molar-refractivity contribution is -0.153. The Hall–Kier alpha value is -2.17. The highest BCUT2D eigenvalue weighted by Crippen LogP contribution is 2.32. The maximum Gasteiger partial charge on any atom is 0.422 e. The fourth-order valence-corrected chi connectivity index (χ4v) is 4.42. The molecule has 1 saturated heterocycles. The van der Waals surface area contributed by atoms with Gasteiger partial charge in [0.05, 0.1) is 15.6 Å². The SMILES string of the molecule is CS(=O)(=O)c1cccc(C(=O)N2CCN(c3ccc(Cl)c(Cl)c3)CC2)c1OCC(F)(F)F. The monoisotopic (exact) mass is 510 g/mol. The quantitative estimate of drug-likeness (QED) is 0.599. The Kier molecular flexibility index (Phi) is 7.16. The number of halogens is 5. The molecule has 0 unspecified atom stereocenters. The van der Waals surface area contributed by atoms with Crippen LogP contribution in [0, 0.1) is 0 Å². The summed E-state index contributed by atoms with van der Waals surface area (Å²) in [6.45, 7) is -0.310. The first-order chi connectivity index (χ1) is 14.9. The number of sulfone groups is 1. The third-order valence-electron chi connectivity index (χ3n) is 4.82. The Balaban J connectivity index is 1.82. The van der Waals surface area contributed by atoms with Gasteiger partial charge in [0.2, 0.25) is 0 Å². The molecule has 0 saturated carbocycles. The zero-order chi connectivity index (χ0) is 23.7. The summed E-state index contributed by atoms with van der Waals surface area (Å²) in [4.78, 5) is 16.0. The molecule has 32 heavy (non-hydrogen) atoms. The molecule has 2 aromatic carbocycles. The van der Waals surface area contributed by atoms with Crippen LogP contribution >= 0.6 is 23.2 Å². The Morgan fingerprint density at radius 3 is 2.28 bits per heavy atom. The van der Waals surface area contributed by atoms with Crippen molar-refractivity contribution in [3.05, 3.63) is 52.0 Å². The Labute approximate surface area is 193 Å². The van der Waals surface area contributed by atoms with Gasteiger partial charge < -0.3 is 14.5 Å². The van der Waals surface area contributed by atoms with Crippen LogP contribution in [0.15, 0.2) is 41.3 Å². The van der Waals surface area contributed by atoms with Gasteiger partial charge in [0, 0.05) is 38.1 Å². The number of carbonyl (C=O) groups is 1. The third kappa shape index (κ3) is 5.79. The first-order valence-electron chi connectivity index (χ1n) is 9.39. The molecule has 0 radical (unpaired) electrons. The van der Waals surface area contributed by atoms with E-state index in [-0.39, 0.29) is 18.7 Å². The van der Waals surface area contributed by atoms with Crippen molar-refractivity contribution in [2.45, 2.75) is 11.1 Å². The number of hydrogen-bond acceptors (Lipinski definition) is 5. The summed E-state index contributed by atoms with van der Waals surface area (Å²) in [5.41, 5.74) is 0.583. The summed E-state index contributed by atoms with van der Waals surface area (Å²) in [5, 5.41) is 0.813. The number of para-hydroxylation sites is 1. The number of alkyl halides is 3. The first kappa shape index (κ1) is 24.5. The van der Waals surface area contributed by atoms with E-state index in [4.69, 9.17) is 27.9 Å². The number of anilines is 1. The molecule has 3 rings (SSSR count). The lowest BCUT2D eigenvalue weighted by atomic mass is 10.1. The number of piperazine rings is 1. The molecule has 1 amide bonds. The van der Waals surface area contributed by atoms with Gasteiger partial charge in [0.25, 0.3) is 5.91 Å². The Bertz CT molecular complexity index is 1120.